The van der Waals surface area contributed by atoms with Crippen molar-refractivity contribution in [2.24, 2.45) is 5.92 Å². The molecule has 0 bridgehead atoms. The van der Waals surface area contributed by atoms with E-state index in [1.165, 1.54) is 24.3 Å². The van der Waals surface area contributed by atoms with Gasteiger partial charge in [-0.15, -0.1) is 0 Å². The molecule has 5 N–H and O–H groups in total. The average Bonchev–Trinajstić information content (AvgIpc) is 4.02. The molecule has 5 rings (SSSR count). The van der Waals surface area contributed by atoms with E-state index < -0.39 is 60.6 Å². The van der Waals surface area contributed by atoms with Gasteiger partial charge < -0.3 is 36.1 Å². The number of nitrogens with zero attached hydrogens (tertiary/aromatic N) is 3. The number of aromatic nitrogens is 3. The van der Waals surface area contributed by atoms with Crippen LogP contribution in [0.15, 0.2) is 48.5 Å². The number of hydrogen-bond donors (Lipinski definition) is 5. The summed E-state index contributed by atoms with van der Waals surface area (Å²) in [6, 6.07) is 11.0. The number of benzene rings is 2. The summed E-state index contributed by atoms with van der Waals surface area (Å²) in [6.45, 7) is -1.63. The molecule has 0 spiro atoms. The highest BCUT2D eigenvalue weighted by atomic mass is 35.5. The molecule has 0 aliphatic heterocycles. The van der Waals surface area contributed by atoms with Crippen molar-refractivity contribution in [3.8, 4) is 6.01 Å². The minimum Gasteiger partial charge on any atom is -0.467 e. The summed E-state index contributed by atoms with van der Waals surface area (Å²) in [6.07, 6.45) is -1.24. The van der Waals surface area contributed by atoms with Gasteiger partial charge in [0, 0.05) is 29.4 Å². The summed E-state index contributed by atoms with van der Waals surface area (Å²) in [4.78, 5) is 61.6. The normalized spacial score (nSPS) is 15.3. The van der Waals surface area contributed by atoms with Crippen LogP contribution in [-0.4, -0.2) is 77.7 Å². The predicted octanol–water partition coefficient (Wildman–Crippen LogP) is 3.22. The Balaban J connectivity index is 1.24. The molecule has 2 aromatic carbocycles. The summed E-state index contributed by atoms with van der Waals surface area (Å²) < 4.78 is 48.2. The SMILES string of the molecule is COC(=O)[C@H](CNC(=O)C(=O)NCC1CC1)NC(=O)c1ccc(Nc2nc(NC3(c4ccc(Cl)cc4)CC3)nc(OCC(F)(F)F)n2)cc1. The van der Waals surface area contributed by atoms with Gasteiger partial charge in [-0.05, 0) is 73.6 Å². The zero-order valence-electron chi connectivity index (χ0n) is 26.0. The summed E-state index contributed by atoms with van der Waals surface area (Å²) in [5.41, 5.74) is 0.805. The van der Waals surface area contributed by atoms with Crippen molar-refractivity contribution in [3.05, 3.63) is 64.7 Å². The molecule has 1 heterocycles. The highest BCUT2D eigenvalue weighted by Crippen LogP contribution is 2.48. The first-order valence-corrected chi connectivity index (χ1v) is 15.5. The zero-order chi connectivity index (χ0) is 35.2. The number of rotatable bonds is 14. The number of anilines is 3. The first-order valence-electron chi connectivity index (χ1n) is 15.1. The second-order valence-electron chi connectivity index (χ2n) is 11.5. The van der Waals surface area contributed by atoms with E-state index in [9.17, 15) is 32.3 Å². The smallest absolute Gasteiger partial charge is 0.422 e. The van der Waals surface area contributed by atoms with Crippen LogP contribution in [0.4, 0.5) is 30.8 Å². The van der Waals surface area contributed by atoms with Gasteiger partial charge in [0.2, 0.25) is 11.9 Å². The number of methoxy groups -OCH3 is 1. The van der Waals surface area contributed by atoms with Crippen LogP contribution in [0.25, 0.3) is 0 Å². The number of alkyl halides is 3. The second kappa shape index (κ2) is 14.9. The Morgan fingerprint density at radius 3 is 2.20 bits per heavy atom. The first kappa shape index (κ1) is 35.1. The number of carbonyl (C=O) groups excluding carboxylic acids is 4. The molecule has 1 aromatic heterocycles. The van der Waals surface area contributed by atoms with Crippen molar-refractivity contribution in [2.75, 3.05) is 37.4 Å². The second-order valence-corrected chi connectivity index (χ2v) is 11.9. The fourth-order valence-corrected chi connectivity index (χ4v) is 4.72. The molecule has 2 aliphatic carbocycles. The minimum atomic E-state index is -4.63. The number of nitrogens with one attached hydrogen (secondary N) is 5. The molecule has 2 saturated carbocycles. The highest BCUT2D eigenvalue weighted by molar-refractivity contribution is 6.35. The van der Waals surface area contributed by atoms with Gasteiger partial charge >= 0.3 is 30.0 Å². The summed E-state index contributed by atoms with van der Waals surface area (Å²) in [5, 5.41) is 13.9. The monoisotopic (exact) mass is 704 g/mol. The van der Waals surface area contributed by atoms with E-state index in [4.69, 9.17) is 21.1 Å². The molecule has 260 valence electrons. The van der Waals surface area contributed by atoms with Crippen LogP contribution < -0.4 is 31.3 Å². The van der Waals surface area contributed by atoms with Crippen molar-refractivity contribution in [3.63, 3.8) is 0 Å². The maximum atomic E-state index is 12.9. The third-order valence-electron chi connectivity index (χ3n) is 7.59. The Bertz CT molecular complexity index is 1690. The van der Waals surface area contributed by atoms with E-state index in [2.05, 4.69) is 41.5 Å². The van der Waals surface area contributed by atoms with Gasteiger partial charge in [-0.3, -0.25) is 14.4 Å². The molecular weight excluding hydrogens is 673 g/mol. The van der Waals surface area contributed by atoms with Crippen LogP contribution in [0.3, 0.4) is 0 Å². The molecule has 0 unspecified atom stereocenters. The number of carbonyl (C=O) groups is 4. The van der Waals surface area contributed by atoms with Gasteiger partial charge in [0.25, 0.3) is 5.91 Å². The number of esters is 1. The van der Waals surface area contributed by atoms with E-state index in [0.717, 1.165) is 25.5 Å². The van der Waals surface area contributed by atoms with Gasteiger partial charge in [-0.1, -0.05) is 23.7 Å². The zero-order valence-corrected chi connectivity index (χ0v) is 26.8. The van der Waals surface area contributed by atoms with E-state index in [1.54, 1.807) is 12.1 Å². The summed E-state index contributed by atoms with van der Waals surface area (Å²) in [7, 11) is 1.11. The van der Waals surface area contributed by atoms with Gasteiger partial charge in [-0.25, -0.2) is 4.79 Å². The summed E-state index contributed by atoms with van der Waals surface area (Å²) >= 11 is 6.01. The lowest BCUT2D eigenvalue weighted by Crippen LogP contribution is -2.51. The lowest BCUT2D eigenvalue weighted by molar-refractivity contribution is -0.154. The quantitative estimate of drug-likeness (QED) is 0.123. The Morgan fingerprint density at radius 1 is 0.939 bits per heavy atom. The van der Waals surface area contributed by atoms with Crippen molar-refractivity contribution in [2.45, 2.75) is 43.4 Å². The van der Waals surface area contributed by atoms with Crippen molar-refractivity contribution < 1.29 is 41.8 Å². The molecule has 1 atom stereocenters. The third-order valence-corrected chi connectivity index (χ3v) is 7.85. The molecule has 0 radical (unpaired) electrons. The fourth-order valence-electron chi connectivity index (χ4n) is 4.60. The van der Waals surface area contributed by atoms with Gasteiger partial charge in [0.05, 0.1) is 12.6 Å². The molecule has 3 amide bonds. The molecule has 14 nitrogen and oxygen atoms in total. The predicted molar refractivity (Wildman–Crippen MR) is 169 cm³/mol. The number of amides is 3. The Kier molecular flexibility index (Phi) is 10.7. The van der Waals surface area contributed by atoms with Gasteiger partial charge in [0.1, 0.15) is 6.04 Å². The van der Waals surface area contributed by atoms with Gasteiger partial charge in [0.15, 0.2) is 6.61 Å². The van der Waals surface area contributed by atoms with Crippen LogP contribution in [0.5, 0.6) is 6.01 Å². The topological polar surface area (TPSA) is 186 Å². The van der Waals surface area contributed by atoms with Crippen molar-refractivity contribution in [1.29, 1.82) is 0 Å². The maximum Gasteiger partial charge on any atom is 0.422 e. The number of hydrogen-bond acceptors (Lipinski definition) is 11. The minimum absolute atomic E-state index is 0.0283. The third kappa shape index (κ3) is 10.2. The molecule has 18 heteroatoms. The lowest BCUT2D eigenvalue weighted by atomic mass is 10.1. The van der Waals surface area contributed by atoms with E-state index in [0.29, 0.717) is 36.0 Å². The molecule has 0 saturated heterocycles. The maximum absolute atomic E-state index is 12.9. The fraction of sp³-hybridized carbons (Fsp3) is 0.387. The largest absolute Gasteiger partial charge is 0.467 e. The average molecular weight is 705 g/mol. The standard InChI is InChI=1S/C31H32ClF3N8O6/c1-48-26(47)22(15-37-25(46)24(45)36-14-17-2-3-17)39-23(44)18-4-10-21(11-5-18)38-27-40-28(42-29(41-27)49-16-31(33,34)35)43-30(12-13-30)19-6-8-20(32)9-7-19/h4-11,17,22H,2-3,12-16H2,1H3,(H,36,45)(H,37,46)(H,39,44)(H2,38,40,41,42,43)/t22-/m0/s1. The van der Waals surface area contributed by atoms with Crippen LogP contribution in [0.2, 0.25) is 5.02 Å². The molecular formula is C31H32ClF3N8O6. The van der Waals surface area contributed by atoms with Crippen LogP contribution in [0.1, 0.15) is 41.6 Å². The van der Waals surface area contributed by atoms with E-state index >= 15 is 0 Å². The Morgan fingerprint density at radius 2 is 1.59 bits per heavy atom. The lowest BCUT2D eigenvalue weighted by Gasteiger charge is -2.19. The molecule has 49 heavy (non-hydrogen) atoms. The molecule has 2 aliphatic rings. The Labute approximate surface area is 282 Å². The highest BCUT2D eigenvalue weighted by Gasteiger charge is 2.45. The first-order chi connectivity index (χ1) is 23.3. The number of ether oxygens (including phenoxy) is 2. The van der Waals surface area contributed by atoms with E-state index in [1.807, 2.05) is 12.1 Å². The van der Waals surface area contributed by atoms with Crippen LogP contribution in [0, 0.1) is 5.92 Å². The van der Waals surface area contributed by atoms with E-state index in [-0.39, 0.29) is 17.5 Å². The Hall–Kier alpha value is -5.19. The summed E-state index contributed by atoms with van der Waals surface area (Å²) in [5.74, 6) is -3.15. The van der Waals surface area contributed by atoms with Crippen molar-refractivity contribution in [1.82, 2.24) is 30.9 Å². The van der Waals surface area contributed by atoms with Gasteiger partial charge in [-0.2, -0.15) is 28.1 Å². The molecule has 2 fully saturated rings. The van der Waals surface area contributed by atoms with Crippen LogP contribution >= 0.6 is 11.6 Å². The number of halogens is 4. The van der Waals surface area contributed by atoms with Crippen molar-refractivity contribution >= 4 is 52.9 Å². The molecule has 3 aromatic rings. The van der Waals surface area contributed by atoms with Crippen LogP contribution in [-0.2, 0) is 24.7 Å².